The number of rotatable bonds is 2. The largest absolute Gasteiger partial charge is 0.377 e. The van der Waals surface area contributed by atoms with Crippen LogP contribution in [0.15, 0.2) is 6.20 Å². The number of methoxy groups -OCH3 is 1. The second kappa shape index (κ2) is 4.34. The van der Waals surface area contributed by atoms with Crippen LogP contribution in [0.25, 0.3) is 11.0 Å². The molecule has 0 bridgehead atoms. The molecule has 102 valence electrons. The Labute approximate surface area is 111 Å². The molecule has 7 heteroatoms. The van der Waals surface area contributed by atoms with Crippen molar-refractivity contribution in [3.05, 3.63) is 6.20 Å². The van der Waals surface area contributed by atoms with Gasteiger partial charge in [0.1, 0.15) is 5.82 Å². The number of fused-ring (bicyclic) bond motifs is 1. The summed E-state index contributed by atoms with van der Waals surface area (Å²) < 4.78 is 5.61. The average molecular weight is 262 g/mol. The van der Waals surface area contributed by atoms with Gasteiger partial charge in [0.25, 0.3) is 0 Å². The van der Waals surface area contributed by atoms with Crippen molar-refractivity contribution in [2.24, 2.45) is 0 Å². The van der Waals surface area contributed by atoms with Gasteiger partial charge in [-0.1, -0.05) is 0 Å². The van der Waals surface area contributed by atoms with Gasteiger partial charge < -0.3 is 15.4 Å². The van der Waals surface area contributed by atoms with Crippen molar-refractivity contribution in [1.29, 1.82) is 0 Å². The number of nitrogens with one attached hydrogen (secondary N) is 1. The van der Waals surface area contributed by atoms with Gasteiger partial charge in [0.15, 0.2) is 5.65 Å². The number of piperidine rings is 1. The van der Waals surface area contributed by atoms with Crippen molar-refractivity contribution in [3.63, 3.8) is 0 Å². The predicted molar refractivity (Wildman–Crippen MR) is 73.0 cm³/mol. The van der Waals surface area contributed by atoms with E-state index in [0.29, 0.717) is 5.65 Å². The molecule has 0 spiro atoms. The summed E-state index contributed by atoms with van der Waals surface area (Å²) >= 11 is 0. The van der Waals surface area contributed by atoms with E-state index in [1.807, 2.05) is 0 Å². The summed E-state index contributed by atoms with van der Waals surface area (Å²) in [7, 11) is 1.76. The SMILES string of the molecule is COC1(C)CCCN(c2nc(N)nc3[nH]ncc23)C1. The molecule has 3 heterocycles. The summed E-state index contributed by atoms with van der Waals surface area (Å²) in [5, 5.41) is 7.75. The molecule has 3 rings (SSSR count). The predicted octanol–water partition coefficient (Wildman–Crippen LogP) is 0.940. The Morgan fingerprint density at radius 1 is 1.47 bits per heavy atom. The van der Waals surface area contributed by atoms with Crippen LogP contribution < -0.4 is 10.6 Å². The number of hydrogen-bond acceptors (Lipinski definition) is 6. The van der Waals surface area contributed by atoms with E-state index in [9.17, 15) is 0 Å². The van der Waals surface area contributed by atoms with Gasteiger partial charge in [-0.15, -0.1) is 0 Å². The summed E-state index contributed by atoms with van der Waals surface area (Å²) in [6.07, 6.45) is 3.85. The Bertz CT molecular complexity index is 597. The van der Waals surface area contributed by atoms with Crippen LogP contribution in [0, 0.1) is 0 Å². The summed E-state index contributed by atoms with van der Waals surface area (Å²) in [6, 6.07) is 0. The Morgan fingerprint density at radius 2 is 2.32 bits per heavy atom. The van der Waals surface area contributed by atoms with Crippen LogP contribution in [0.2, 0.25) is 0 Å². The highest BCUT2D eigenvalue weighted by molar-refractivity contribution is 5.87. The van der Waals surface area contributed by atoms with E-state index < -0.39 is 0 Å². The zero-order valence-electron chi connectivity index (χ0n) is 11.2. The number of aromatic nitrogens is 4. The smallest absolute Gasteiger partial charge is 0.224 e. The van der Waals surface area contributed by atoms with E-state index in [2.05, 4.69) is 32.0 Å². The van der Waals surface area contributed by atoms with E-state index in [1.165, 1.54) is 0 Å². The highest BCUT2D eigenvalue weighted by Gasteiger charge is 2.32. The van der Waals surface area contributed by atoms with E-state index in [4.69, 9.17) is 10.5 Å². The lowest BCUT2D eigenvalue weighted by Crippen LogP contribution is -2.47. The van der Waals surface area contributed by atoms with Crippen LogP contribution in [0.3, 0.4) is 0 Å². The molecule has 1 atom stereocenters. The molecule has 1 fully saturated rings. The summed E-state index contributed by atoms with van der Waals surface area (Å²) in [4.78, 5) is 10.7. The first-order chi connectivity index (χ1) is 9.11. The highest BCUT2D eigenvalue weighted by atomic mass is 16.5. The summed E-state index contributed by atoms with van der Waals surface area (Å²) in [5.41, 5.74) is 6.29. The quantitative estimate of drug-likeness (QED) is 0.836. The Balaban J connectivity index is 2.01. The van der Waals surface area contributed by atoms with Gasteiger partial charge in [0.2, 0.25) is 5.95 Å². The second-order valence-electron chi connectivity index (χ2n) is 5.22. The molecule has 0 aliphatic carbocycles. The first-order valence-corrected chi connectivity index (χ1v) is 6.38. The van der Waals surface area contributed by atoms with Crippen LogP contribution in [0.4, 0.5) is 11.8 Å². The Kier molecular flexibility index (Phi) is 2.78. The van der Waals surface area contributed by atoms with Crippen LogP contribution in [0.1, 0.15) is 19.8 Å². The van der Waals surface area contributed by atoms with Gasteiger partial charge in [0, 0.05) is 20.2 Å². The molecule has 0 radical (unpaired) electrons. The molecule has 1 unspecified atom stereocenters. The van der Waals surface area contributed by atoms with Crippen molar-refractivity contribution in [3.8, 4) is 0 Å². The molecule has 0 saturated carbocycles. The van der Waals surface area contributed by atoms with E-state index in [1.54, 1.807) is 13.3 Å². The van der Waals surface area contributed by atoms with Gasteiger partial charge in [0.05, 0.1) is 17.2 Å². The van der Waals surface area contributed by atoms with Gasteiger partial charge in [-0.25, -0.2) is 0 Å². The van der Waals surface area contributed by atoms with E-state index in [0.717, 1.165) is 37.1 Å². The third-order valence-corrected chi connectivity index (χ3v) is 3.76. The molecule has 3 N–H and O–H groups in total. The van der Waals surface area contributed by atoms with Gasteiger partial charge in [-0.05, 0) is 19.8 Å². The van der Waals surface area contributed by atoms with E-state index >= 15 is 0 Å². The number of nitrogen functional groups attached to an aromatic ring is 1. The first kappa shape index (κ1) is 12.2. The number of H-pyrrole nitrogens is 1. The average Bonchev–Trinajstić information content (AvgIpc) is 2.86. The van der Waals surface area contributed by atoms with Crippen LogP contribution in [-0.4, -0.2) is 46.0 Å². The Morgan fingerprint density at radius 3 is 3.11 bits per heavy atom. The van der Waals surface area contributed by atoms with Crippen LogP contribution in [0.5, 0.6) is 0 Å². The van der Waals surface area contributed by atoms with Crippen molar-refractivity contribution in [1.82, 2.24) is 20.2 Å². The van der Waals surface area contributed by atoms with E-state index in [-0.39, 0.29) is 11.5 Å². The van der Waals surface area contributed by atoms with Crippen LogP contribution >= 0.6 is 0 Å². The number of aromatic amines is 1. The minimum atomic E-state index is -0.145. The molecule has 1 aliphatic rings. The molecular weight excluding hydrogens is 244 g/mol. The number of ether oxygens (including phenoxy) is 1. The number of nitrogens with zero attached hydrogens (tertiary/aromatic N) is 4. The molecule has 2 aromatic rings. The Hall–Kier alpha value is -1.89. The van der Waals surface area contributed by atoms with Gasteiger partial charge in [-0.2, -0.15) is 15.1 Å². The minimum Gasteiger partial charge on any atom is -0.377 e. The fourth-order valence-electron chi connectivity index (χ4n) is 2.63. The number of nitrogens with two attached hydrogens (primary N) is 1. The van der Waals surface area contributed by atoms with Crippen molar-refractivity contribution < 1.29 is 4.74 Å². The second-order valence-corrected chi connectivity index (χ2v) is 5.22. The molecule has 0 amide bonds. The number of anilines is 2. The number of hydrogen-bond donors (Lipinski definition) is 2. The van der Waals surface area contributed by atoms with Gasteiger partial charge >= 0.3 is 0 Å². The molecule has 7 nitrogen and oxygen atoms in total. The summed E-state index contributed by atoms with van der Waals surface area (Å²) in [6.45, 7) is 3.85. The molecule has 19 heavy (non-hydrogen) atoms. The fourth-order valence-corrected chi connectivity index (χ4v) is 2.63. The normalized spacial score (nSPS) is 24.0. The van der Waals surface area contributed by atoms with Crippen molar-refractivity contribution in [2.75, 3.05) is 30.8 Å². The standard InChI is InChI=1S/C12H18N6O/c1-12(19-2)4-3-5-18(7-12)10-8-6-14-17-9(8)15-11(13)16-10/h6H,3-5,7H2,1-2H3,(H3,13,14,15,16,17). The van der Waals surface area contributed by atoms with Crippen molar-refractivity contribution in [2.45, 2.75) is 25.4 Å². The maximum atomic E-state index is 5.76. The lowest BCUT2D eigenvalue weighted by atomic mass is 9.94. The maximum absolute atomic E-state index is 5.76. The highest BCUT2D eigenvalue weighted by Crippen LogP contribution is 2.30. The lowest BCUT2D eigenvalue weighted by molar-refractivity contribution is -0.00475. The summed E-state index contributed by atoms with van der Waals surface area (Å²) in [5.74, 6) is 1.09. The van der Waals surface area contributed by atoms with Gasteiger partial charge in [-0.3, -0.25) is 5.10 Å². The zero-order valence-corrected chi connectivity index (χ0v) is 11.2. The minimum absolute atomic E-state index is 0.145. The molecule has 2 aromatic heterocycles. The third kappa shape index (κ3) is 2.10. The molecule has 1 saturated heterocycles. The van der Waals surface area contributed by atoms with Crippen molar-refractivity contribution >= 4 is 22.8 Å². The molecular formula is C12H18N6O. The van der Waals surface area contributed by atoms with Crippen LogP contribution in [-0.2, 0) is 4.74 Å². The molecule has 0 aromatic carbocycles. The third-order valence-electron chi connectivity index (χ3n) is 3.76. The fraction of sp³-hybridized carbons (Fsp3) is 0.583. The maximum Gasteiger partial charge on any atom is 0.224 e. The first-order valence-electron chi connectivity index (χ1n) is 6.38. The lowest BCUT2D eigenvalue weighted by Gasteiger charge is -2.40. The zero-order chi connectivity index (χ0) is 13.5. The topological polar surface area (TPSA) is 93.0 Å². The monoisotopic (exact) mass is 262 g/mol. The molecule has 1 aliphatic heterocycles.